The molecule has 0 radical (unpaired) electrons. The van der Waals surface area contributed by atoms with Gasteiger partial charge in [-0.3, -0.25) is 4.98 Å². The molecule has 0 amide bonds. The monoisotopic (exact) mass is 764 g/mol. The van der Waals surface area contributed by atoms with E-state index in [-0.39, 0.29) is 0 Å². The van der Waals surface area contributed by atoms with Gasteiger partial charge in [-0.1, -0.05) is 127 Å². The number of rotatable bonds is 5. The van der Waals surface area contributed by atoms with Crippen molar-refractivity contribution < 1.29 is 0 Å². The van der Waals surface area contributed by atoms with Gasteiger partial charge in [0.2, 0.25) is 0 Å². The molecule has 6 aromatic carbocycles. The molecule has 0 saturated heterocycles. The highest BCUT2D eigenvalue weighted by Gasteiger charge is 2.12. The van der Waals surface area contributed by atoms with Gasteiger partial charge < -0.3 is 0 Å². The Kier molecular flexibility index (Phi) is 7.74. The van der Waals surface area contributed by atoms with Gasteiger partial charge in [0.05, 0.1) is 61.6 Å². The molecule has 12 aromatic rings. The second-order valence-corrected chi connectivity index (χ2v) is 15.2. The second kappa shape index (κ2) is 13.7. The molecule has 6 nitrogen and oxygen atoms in total. The van der Waals surface area contributed by atoms with Crippen LogP contribution in [0.25, 0.3) is 122 Å². The first kappa shape index (κ1) is 33.9. The first-order valence-electron chi connectivity index (χ1n) is 20.0. The molecule has 12 rings (SSSR count). The van der Waals surface area contributed by atoms with E-state index in [1.807, 2.05) is 36.5 Å². The van der Waals surface area contributed by atoms with Crippen LogP contribution in [0.5, 0.6) is 0 Å². The number of nitrogens with zero attached hydrogens (tertiary/aromatic N) is 6. The molecule has 0 atom stereocenters. The third kappa shape index (κ3) is 5.89. The fourth-order valence-electron chi connectivity index (χ4n) is 8.29. The summed E-state index contributed by atoms with van der Waals surface area (Å²) in [4.78, 5) is 29.9. The Morgan fingerprint density at radius 2 is 0.617 bits per heavy atom. The Bertz CT molecular complexity index is 3660. The van der Waals surface area contributed by atoms with Crippen LogP contribution < -0.4 is 0 Å². The van der Waals surface area contributed by atoms with Crippen molar-refractivity contribution in [1.82, 2.24) is 29.9 Å². The minimum Gasteiger partial charge on any atom is -0.254 e. The third-order valence-electron chi connectivity index (χ3n) is 11.5. The van der Waals surface area contributed by atoms with Crippen LogP contribution in [0.2, 0.25) is 0 Å². The van der Waals surface area contributed by atoms with Crippen molar-refractivity contribution >= 4 is 65.4 Å². The molecule has 0 aliphatic heterocycles. The number of fused-ring (bicyclic) bond motifs is 8. The van der Waals surface area contributed by atoms with Crippen LogP contribution >= 0.6 is 0 Å². The lowest BCUT2D eigenvalue weighted by atomic mass is 10.00. The van der Waals surface area contributed by atoms with Crippen LogP contribution in [-0.4, -0.2) is 29.9 Å². The van der Waals surface area contributed by atoms with E-state index in [0.717, 1.165) is 122 Å². The lowest BCUT2D eigenvalue weighted by Crippen LogP contribution is -1.92. The first-order valence-corrected chi connectivity index (χ1v) is 20.0. The molecule has 6 heteroatoms. The molecule has 0 N–H and O–H groups in total. The van der Waals surface area contributed by atoms with Gasteiger partial charge in [0.1, 0.15) is 0 Å². The van der Waals surface area contributed by atoms with Crippen molar-refractivity contribution in [2.45, 2.75) is 0 Å². The first-order chi connectivity index (χ1) is 29.7. The maximum Gasteiger partial charge on any atom is 0.0972 e. The van der Waals surface area contributed by atoms with E-state index in [1.165, 1.54) is 0 Å². The number of hydrogen-bond acceptors (Lipinski definition) is 6. The van der Waals surface area contributed by atoms with Crippen LogP contribution in [-0.2, 0) is 0 Å². The predicted molar refractivity (Wildman–Crippen MR) is 245 cm³/mol. The Morgan fingerprint density at radius 1 is 0.233 bits per heavy atom. The number of aromatic nitrogens is 6. The number of pyridine rings is 6. The zero-order chi connectivity index (χ0) is 39.6. The highest BCUT2D eigenvalue weighted by Crippen LogP contribution is 2.33. The van der Waals surface area contributed by atoms with Gasteiger partial charge in [-0.15, -0.1) is 0 Å². The fraction of sp³-hybridized carbons (Fsp3) is 0. The maximum atomic E-state index is 5.15. The summed E-state index contributed by atoms with van der Waals surface area (Å²) in [6, 6.07) is 65.1. The smallest absolute Gasteiger partial charge is 0.0972 e. The molecule has 0 bridgehead atoms. The van der Waals surface area contributed by atoms with Crippen molar-refractivity contribution in [2.24, 2.45) is 0 Å². The molecule has 6 heterocycles. The topological polar surface area (TPSA) is 77.3 Å². The summed E-state index contributed by atoms with van der Waals surface area (Å²) < 4.78 is 0. The predicted octanol–water partition coefficient (Wildman–Crippen LogP) is 13.3. The van der Waals surface area contributed by atoms with Gasteiger partial charge >= 0.3 is 0 Å². The standard InChI is InChI=1S/C54H32N6/c1-2-5-33(6-3-1)45-23-16-38-14-15-39-17-24-46(59-54(39)53(38)58-45)35-10-8-34(9-11-35)44-27-21-42-31-40(19-25-47(42)56-44)41-20-26-48-43(32-41)22-29-49(57-48)50-28-18-37-13-12-36-7-4-30-55-51(36)52(37)60-50/h1-32H. The minimum absolute atomic E-state index is 0.829. The van der Waals surface area contributed by atoms with Gasteiger partial charge in [0.25, 0.3) is 0 Å². The molecule has 278 valence electrons. The van der Waals surface area contributed by atoms with Crippen molar-refractivity contribution in [3.63, 3.8) is 0 Å². The van der Waals surface area contributed by atoms with Crippen molar-refractivity contribution in [1.29, 1.82) is 0 Å². The normalized spacial score (nSPS) is 11.7. The van der Waals surface area contributed by atoms with Gasteiger partial charge in [0, 0.05) is 55.2 Å². The lowest BCUT2D eigenvalue weighted by molar-refractivity contribution is 1.31. The molecule has 0 saturated carbocycles. The molecule has 0 aliphatic carbocycles. The maximum absolute atomic E-state index is 5.15. The van der Waals surface area contributed by atoms with Crippen LogP contribution in [0.3, 0.4) is 0 Å². The van der Waals surface area contributed by atoms with Gasteiger partial charge in [-0.2, -0.15) is 0 Å². The molecular weight excluding hydrogens is 733 g/mol. The summed E-state index contributed by atoms with van der Waals surface area (Å²) in [5, 5.41) is 6.43. The van der Waals surface area contributed by atoms with Crippen LogP contribution in [0, 0.1) is 0 Å². The molecule has 0 fully saturated rings. The minimum atomic E-state index is 0.829. The van der Waals surface area contributed by atoms with E-state index in [2.05, 4.69) is 163 Å². The largest absolute Gasteiger partial charge is 0.254 e. The summed E-state index contributed by atoms with van der Waals surface area (Å²) in [6.07, 6.45) is 1.82. The quantitative estimate of drug-likeness (QED) is 0.162. The van der Waals surface area contributed by atoms with Crippen molar-refractivity contribution in [2.75, 3.05) is 0 Å². The van der Waals surface area contributed by atoms with Crippen LogP contribution in [0.15, 0.2) is 194 Å². The van der Waals surface area contributed by atoms with Gasteiger partial charge in [0.15, 0.2) is 0 Å². The molecule has 0 spiro atoms. The molecular formula is C54H32N6. The van der Waals surface area contributed by atoms with Gasteiger partial charge in [-0.05, 0) is 71.8 Å². The Morgan fingerprint density at radius 3 is 1.18 bits per heavy atom. The summed E-state index contributed by atoms with van der Waals surface area (Å²) in [5.74, 6) is 0. The SMILES string of the molecule is c1ccc(-c2ccc3ccc4ccc(-c5ccc(-c6ccc7cc(-c8ccc9nc(-c%10ccc%11ccc%12cccnc%12c%11n%10)ccc9c8)ccc7n6)cc5)nc4c3n2)cc1. The highest BCUT2D eigenvalue weighted by molar-refractivity contribution is 6.05. The summed E-state index contributed by atoms with van der Waals surface area (Å²) in [5.41, 5.74) is 15.3. The average Bonchev–Trinajstić information content (AvgIpc) is 3.33. The fourth-order valence-corrected chi connectivity index (χ4v) is 8.29. The van der Waals surface area contributed by atoms with E-state index in [0.29, 0.717) is 0 Å². The Labute approximate surface area is 344 Å². The third-order valence-corrected chi connectivity index (χ3v) is 11.5. The number of benzene rings is 6. The van der Waals surface area contributed by atoms with E-state index < -0.39 is 0 Å². The number of hydrogen-bond donors (Lipinski definition) is 0. The lowest BCUT2D eigenvalue weighted by Gasteiger charge is -2.10. The molecule has 0 unspecified atom stereocenters. The van der Waals surface area contributed by atoms with Crippen LogP contribution in [0.4, 0.5) is 0 Å². The average molecular weight is 765 g/mol. The summed E-state index contributed by atoms with van der Waals surface area (Å²) >= 11 is 0. The zero-order valence-electron chi connectivity index (χ0n) is 32.2. The van der Waals surface area contributed by atoms with E-state index in [1.54, 1.807) is 0 Å². The van der Waals surface area contributed by atoms with Gasteiger partial charge in [-0.25, -0.2) is 24.9 Å². The highest BCUT2D eigenvalue weighted by atomic mass is 14.8. The van der Waals surface area contributed by atoms with E-state index in [4.69, 9.17) is 24.9 Å². The molecule has 0 aliphatic rings. The van der Waals surface area contributed by atoms with E-state index in [9.17, 15) is 0 Å². The zero-order valence-corrected chi connectivity index (χ0v) is 32.2. The summed E-state index contributed by atoms with van der Waals surface area (Å²) in [6.45, 7) is 0. The van der Waals surface area contributed by atoms with Crippen LogP contribution in [0.1, 0.15) is 0 Å². The van der Waals surface area contributed by atoms with Crippen molar-refractivity contribution in [3.05, 3.63) is 194 Å². The molecule has 6 aromatic heterocycles. The van der Waals surface area contributed by atoms with Crippen molar-refractivity contribution in [3.8, 4) is 56.3 Å². The Balaban J connectivity index is 0.807. The second-order valence-electron chi connectivity index (χ2n) is 15.2. The van der Waals surface area contributed by atoms with E-state index >= 15 is 0 Å². The Hall–Kier alpha value is -8.22. The molecule has 60 heavy (non-hydrogen) atoms. The summed E-state index contributed by atoms with van der Waals surface area (Å²) in [7, 11) is 0.